The van der Waals surface area contributed by atoms with Crippen molar-refractivity contribution >= 4 is 32.8 Å². The zero-order valence-electron chi connectivity index (χ0n) is 7.43. The van der Waals surface area contributed by atoms with Gasteiger partial charge in [0.1, 0.15) is 5.69 Å². The summed E-state index contributed by atoms with van der Waals surface area (Å²) in [5.74, 6) is 0.118. The SMILES string of the molecule is COc1cnc(C(=O)Cl)c(C(F)F)c1Br. The van der Waals surface area contributed by atoms with Crippen LogP contribution in [0.15, 0.2) is 10.7 Å². The van der Waals surface area contributed by atoms with Crippen molar-refractivity contribution in [2.75, 3.05) is 7.11 Å². The van der Waals surface area contributed by atoms with E-state index < -0.39 is 22.9 Å². The van der Waals surface area contributed by atoms with Crippen molar-refractivity contribution < 1.29 is 18.3 Å². The summed E-state index contributed by atoms with van der Waals surface area (Å²) < 4.78 is 30.0. The summed E-state index contributed by atoms with van der Waals surface area (Å²) >= 11 is 8.03. The van der Waals surface area contributed by atoms with Gasteiger partial charge in [-0.2, -0.15) is 0 Å². The topological polar surface area (TPSA) is 39.2 Å². The molecule has 0 unspecified atom stereocenters. The summed E-state index contributed by atoms with van der Waals surface area (Å²) in [4.78, 5) is 14.3. The van der Waals surface area contributed by atoms with Gasteiger partial charge in [-0.05, 0) is 27.5 Å². The van der Waals surface area contributed by atoms with Crippen molar-refractivity contribution in [3.63, 3.8) is 0 Å². The van der Waals surface area contributed by atoms with Crippen LogP contribution in [0, 0.1) is 0 Å². The number of ether oxygens (including phenoxy) is 1. The third kappa shape index (κ3) is 2.43. The van der Waals surface area contributed by atoms with Crippen LogP contribution in [-0.4, -0.2) is 17.3 Å². The Morgan fingerprint density at radius 3 is 2.67 bits per heavy atom. The van der Waals surface area contributed by atoms with E-state index in [4.69, 9.17) is 16.3 Å². The van der Waals surface area contributed by atoms with Crippen molar-refractivity contribution in [3.8, 4) is 5.75 Å². The van der Waals surface area contributed by atoms with Crippen LogP contribution in [0.4, 0.5) is 8.78 Å². The van der Waals surface area contributed by atoms with Crippen molar-refractivity contribution in [1.82, 2.24) is 4.98 Å². The Balaban J connectivity index is 3.44. The van der Waals surface area contributed by atoms with Gasteiger partial charge in [-0.1, -0.05) is 0 Å². The van der Waals surface area contributed by atoms with E-state index in [1.54, 1.807) is 0 Å². The lowest BCUT2D eigenvalue weighted by Gasteiger charge is -2.10. The van der Waals surface area contributed by atoms with E-state index in [1.807, 2.05) is 0 Å². The van der Waals surface area contributed by atoms with Gasteiger partial charge in [0, 0.05) is 0 Å². The van der Waals surface area contributed by atoms with Gasteiger partial charge in [-0.3, -0.25) is 4.79 Å². The average molecular weight is 300 g/mol. The number of carbonyl (C=O) groups is 1. The van der Waals surface area contributed by atoms with E-state index in [2.05, 4.69) is 20.9 Å². The molecule has 0 atom stereocenters. The average Bonchev–Trinajstić information content (AvgIpc) is 2.16. The third-order valence-electron chi connectivity index (χ3n) is 1.64. The third-order valence-corrected chi connectivity index (χ3v) is 2.64. The number of hydrogen-bond acceptors (Lipinski definition) is 3. The molecule has 0 aliphatic carbocycles. The van der Waals surface area contributed by atoms with E-state index in [9.17, 15) is 13.6 Å². The molecule has 0 fully saturated rings. The van der Waals surface area contributed by atoms with E-state index in [0.717, 1.165) is 6.20 Å². The largest absolute Gasteiger partial charge is 0.494 e. The Labute approximate surface area is 97.5 Å². The van der Waals surface area contributed by atoms with Gasteiger partial charge in [-0.25, -0.2) is 13.8 Å². The number of methoxy groups -OCH3 is 1. The number of nitrogens with zero attached hydrogens (tertiary/aromatic N) is 1. The van der Waals surface area contributed by atoms with Crippen molar-refractivity contribution in [1.29, 1.82) is 0 Å². The second-order valence-corrected chi connectivity index (χ2v) is 3.61. The smallest absolute Gasteiger partial charge is 0.271 e. The highest BCUT2D eigenvalue weighted by Crippen LogP contribution is 2.36. The fraction of sp³-hybridized carbons (Fsp3) is 0.250. The summed E-state index contributed by atoms with van der Waals surface area (Å²) in [7, 11) is 1.30. The maximum atomic E-state index is 12.6. The van der Waals surface area contributed by atoms with Crippen LogP contribution in [0.25, 0.3) is 0 Å². The molecule has 0 radical (unpaired) electrons. The Bertz CT molecular complexity index is 400. The highest BCUT2D eigenvalue weighted by atomic mass is 79.9. The van der Waals surface area contributed by atoms with Crippen molar-refractivity contribution in [2.45, 2.75) is 6.43 Å². The molecular weight excluding hydrogens is 295 g/mol. The fourth-order valence-corrected chi connectivity index (χ4v) is 1.76. The Hall–Kier alpha value is -0.750. The molecule has 0 saturated heterocycles. The first-order chi connectivity index (χ1) is 6.99. The van der Waals surface area contributed by atoms with Gasteiger partial charge < -0.3 is 4.74 Å². The van der Waals surface area contributed by atoms with Gasteiger partial charge in [-0.15, -0.1) is 0 Å². The molecule has 0 amide bonds. The van der Waals surface area contributed by atoms with Crippen LogP contribution in [0.5, 0.6) is 5.75 Å². The minimum absolute atomic E-state index is 0.0148. The molecule has 7 heteroatoms. The van der Waals surface area contributed by atoms with Crippen LogP contribution in [0.1, 0.15) is 22.5 Å². The second-order valence-electron chi connectivity index (χ2n) is 2.48. The highest BCUT2D eigenvalue weighted by molar-refractivity contribution is 9.10. The number of carbonyl (C=O) groups excluding carboxylic acids is 1. The number of hydrogen-bond donors (Lipinski definition) is 0. The standard InChI is InChI=1S/C8H5BrClF2NO2/c1-15-3-2-13-6(7(10)14)4(5(3)9)8(11)12/h2,8H,1H3. The molecule has 82 valence electrons. The molecule has 0 N–H and O–H groups in total. The van der Waals surface area contributed by atoms with Crippen LogP contribution in [0.2, 0.25) is 0 Å². The molecule has 0 aliphatic rings. The van der Waals surface area contributed by atoms with Crippen LogP contribution in [0.3, 0.4) is 0 Å². The summed E-state index contributed by atoms with van der Waals surface area (Å²) in [5, 5.41) is -1.03. The predicted molar refractivity (Wildman–Crippen MR) is 53.6 cm³/mol. The van der Waals surface area contributed by atoms with Gasteiger partial charge in [0.2, 0.25) is 0 Å². The van der Waals surface area contributed by atoms with Crippen molar-refractivity contribution in [3.05, 3.63) is 21.9 Å². The van der Waals surface area contributed by atoms with Crippen LogP contribution < -0.4 is 4.74 Å². The monoisotopic (exact) mass is 299 g/mol. The summed E-state index contributed by atoms with van der Waals surface area (Å²) in [6.45, 7) is 0. The number of alkyl halides is 2. The lowest BCUT2D eigenvalue weighted by atomic mass is 10.2. The van der Waals surface area contributed by atoms with E-state index in [0.29, 0.717) is 0 Å². The molecule has 0 aliphatic heterocycles. The summed E-state index contributed by atoms with van der Waals surface area (Å²) in [6.07, 6.45) is -1.72. The first kappa shape index (κ1) is 12.3. The lowest BCUT2D eigenvalue weighted by molar-refractivity contribution is 0.106. The van der Waals surface area contributed by atoms with Crippen LogP contribution >= 0.6 is 27.5 Å². The number of halogens is 4. The molecular formula is C8H5BrClF2NO2. The molecule has 0 aromatic carbocycles. The Morgan fingerprint density at radius 2 is 2.27 bits per heavy atom. The Morgan fingerprint density at radius 1 is 1.67 bits per heavy atom. The molecule has 1 rings (SSSR count). The number of pyridine rings is 1. The van der Waals surface area contributed by atoms with Gasteiger partial charge in [0.25, 0.3) is 11.7 Å². The molecule has 0 saturated carbocycles. The summed E-state index contributed by atoms with van der Waals surface area (Å²) in [5.41, 5.74) is -1.03. The molecule has 3 nitrogen and oxygen atoms in total. The van der Waals surface area contributed by atoms with Crippen LogP contribution in [-0.2, 0) is 0 Å². The minimum atomic E-state index is -2.86. The first-order valence-corrected chi connectivity index (χ1v) is 4.86. The van der Waals surface area contributed by atoms with Gasteiger partial charge in [0.15, 0.2) is 5.75 Å². The lowest BCUT2D eigenvalue weighted by Crippen LogP contribution is -2.04. The zero-order valence-corrected chi connectivity index (χ0v) is 9.77. The number of aromatic nitrogens is 1. The van der Waals surface area contributed by atoms with Crippen molar-refractivity contribution in [2.24, 2.45) is 0 Å². The maximum absolute atomic E-state index is 12.6. The molecule has 1 aromatic rings. The number of rotatable bonds is 3. The van der Waals surface area contributed by atoms with E-state index in [-0.39, 0.29) is 10.2 Å². The predicted octanol–water partition coefficient (Wildman–Crippen LogP) is 3.17. The van der Waals surface area contributed by atoms with Gasteiger partial charge in [0.05, 0.1) is 23.3 Å². The molecule has 1 aromatic heterocycles. The minimum Gasteiger partial charge on any atom is -0.494 e. The zero-order chi connectivity index (χ0) is 11.6. The molecule has 15 heavy (non-hydrogen) atoms. The molecule has 1 heterocycles. The fourth-order valence-electron chi connectivity index (χ4n) is 0.984. The van der Waals surface area contributed by atoms with E-state index in [1.165, 1.54) is 7.11 Å². The van der Waals surface area contributed by atoms with Gasteiger partial charge >= 0.3 is 0 Å². The Kier molecular flexibility index (Phi) is 3.98. The summed E-state index contributed by atoms with van der Waals surface area (Å²) in [6, 6.07) is 0. The molecule has 0 bridgehead atoms. The maximum Gasteiger partial charge on any atom is 0.271 e. The first-order valence-electron chi connectivity index (χ1n) is 3.69. The normalized spacial score (nSPS) is 10.5. The highest BCUT2D eigenvalue weighted by Gasteiger charge is 2.24. The van der Waals surface area contributed by atoms with E-state index >= 15 is 0 Å². The molecule has 0 spiro atoms. The quantitative estimate of drug-likeness (QED) is 0.805. The second kappa shape index (κ2) is 4.85.